The molecule has 1 heterocycles. The molecule has 2 amide bonds. The number of imide groups is 1. The van der Waals surface area contributed by atoms with Crippen LogP contribution in [0.3, 0.4) is 0 Å². The molecule has 0 N–H and O–H groups in total. The van der Waals surface area contributed by atoms with Crippen molar-refractivity contribution in [2.45, 2.75) is 13.8 Å². The molecule has 3 rings (SSSR count). The number of methoxy groups -OCH3 is 1. The largest absolute Gasteiger partial charge is 0.497 e. The lowest BCUT2D eigenvalue weighted by molar-refractivity contribution is -0.113. The van der Waals surface area contributed by atoms with E-state index in [9.17, 15) is 9.59 Å². The van der Waals surface area contributed by atoms with Crippen LogP contribution in [0.4, 0.5) is 10.5 Å². The molecule has 2 aromatic rings. The van der Waals surface area contributed by atoms with Crippen molar-refractivity contribution in [3.63, 3.8) is 0 Å². The van der Waals surface area contributed by atoms with E-state index in [1.807, 2.05) is 56.3 Å². The molecule has 24 heavy (non-hydrogen) atoms. The zero-order valence-corrected chi connectivity index (χ0v) is 14.5. The maximum atomic E-state index is 12.8. The average molecular weight is 339 g/mol. The Morgan fingerprint density at radius 1 is 1.08 bits per heavy atom. The fourth-order valence-corrected chi connectivity index (χ4v) is 3.46. The van der Waals surface area contributed by atoms with Crippen molar-refractivity contribution in [1.82, 2.24) is 0 Å². The first kappa shape index (κ1) is 16.3. The summed E-state index contributed by atoms with van der Waals surface area (Å²) in [4.78, 5) is 26.8. The third-order valence-corrected chi connectivity index (χ3v) is 4.93. The number of ether oxygens (including phenoxy) is 1. The van der Waals surface area contributed by atoms with Crippen LogP contribution in [0, 0.1) is 6.92 Å². The number of allylic oxidation sites excluding steroid dienone is 1. The maximum Gasteiger partial charge on any atom is 0.298 e. The average Bonchev–Trinajstić information content (AvgIpc) is 2.89. The van der Waals surface area contributed by atoms with E-state index in [-0.39, 0.29) is 11.1 Å². The van der Waals surface area contributed by atoms with Gasteiger partial charge in [0.05, 0.1) is 17.7 Å². The quantitative estimate of drug-likeness (QED) is 0.765. The van der Waals surface area contributed by atoms with Crippen LogP contribution in [-0.2, 0) is 4.79 Å². The molecule has 0 bridgehead atoms. The molecule has 0 atom stereocenters. The third-order valence-electron chi connectivity index (χ3n) is 3.89. The summed E-state index contributed by atoms with van der Waals surface area (Å²) >= 11 is 0.981. The zero-order valence-electron chi connectivity index (χ0n) is 13.7. The molecule has 4 nitrogen and oxygen atoms in total. The molecule has 0 aromatic heterocycles. The van der Waals surface area contributed by atoms with Gasteiger partial charge in [0.25, 0.3) is 11.1 Å². The zero-order chi connectivity index (χ0) is 17.3. The van der Waals surface area contributed by atoms with Gasteiger partial charge in [-0.25, -0.2) is 4.90 Å². The van der Waals surface area contributed by atoms with Gasteiger partial charge in [-0.2, -0.15) is 0 Å². The Balaban J connectivity index is 1.97. The van der Waals surface area contributed by atoms with E-state index in [2.05, 4.69) is 0 Å². The maximum absolute atomic E-state index is 12.8. The number of hydrogen-bond donors (Lipinski definition) is 0. The number of anilines is 1. The smallest absolute Gasteiger partial charge is 0.298 e. The highest BCUT2D eigenvalue weighted by molar-refractivity contribution is 8.19. The fraction of sp³-hybridized carbons (Fsp3) is 0.158. The van der Waals surface area contributed by atoms with E-state index in [0.717, 1.165) is 34.2 Å². The second-order valence-corrected chi connectivity index (χ2v) is 6.49. The Labute approximate surface area is 145 Å². The summed E-state index contributed by atoms with van der Waals surface area (Å²) in [6.07, 6.45) is 0. The highest BCUT2D eigenvalue weighted by Crippen LogP contribution is 2.39. The summed E-state index contributed by atoms with van der Waals surface area (Å²) in [6, 6.07) is 14.8. The Bertz CT molecular complexity index is 840. The van der Waals surface area contributed by atoms with Crippen molar-refractivity contribution in [2.24, 2.45) is 0 Å². The Kier molecular flexibility index (Phi) is 4.44. The fourth-order valence-electron chi connectivity index (χ4n) is 2.56. The minimum Gasteiger partial charge on any atom is -0.497 e. The predicted molar refractivity (Wildman–Crippen MR) is 97.2 cm³/mol. The van der Waals surface area contributed by atoms with E-state index in [0.29, 0.717) is 10.6 Å². The number of nitrogens with zero attached hydrogens (tertiary/aromatic N) is 1. The molecule has 0 saturated carbocycles. The monoisotopic (exact) mass is 339 g/mol. The van der Waals surface area contributed by atoms with Gasteiger partial charge in [-0.15, -0.1) is 0 Å². The topological polar surface area (TPSA) is 46.6 Å². The van der Waals surface area contributed by atoms with Crippen LogP contribution < -0.4 is 9.64 Å². The first-order valence-electron chi connectivity index (χ1n) is 7.49. The standard InChI is InChI=1S/C19H17NO3S/c1-12-5-4-6-15(11-12)20-18(21)17(24-19(20)22)13(2)14-7-9-16(23-3)10-8-14/h4-11H,1-3H3/b17-13-. The van der Waals surface area contributed by atoms with Crippen LogP contribution in [0.2, 0.25) is 0 Å². The van der Waals surface area contributed by atoms with Crippen molar-refractivity contribution < 1.29 is 14.3 Å². The van der Waals surface area contributed by atoms with Crippen LogP contribution in [0.25, 0.3) is 5.57 Å². The van der Waals surface area contributed by atoms with Crippen LogP contribution >= 0.6 is 11.8 Å². The van der Waals surface area contributed by atoms with Crippen molar-refractivity contribution in [3.8, 4) is 5.75 Å². The van der Waals surface area contributed by atoms with Gasteiger partial charge in [0.1, 0.15) is 5.75 Å². The second-order valence-electron chi connectivity index (χ2n) is 5.53. The van der Waals surface area contributed by atoms with E-state index in [1.54, 1.807) is 13.2 Å². The van der Waals surface area contributed by atoms with Crippen molar-refractivity contribution in [1.29, 1.82) is 0 Å². The van der Waals surface area contributed by atoms with Gasteiger partial charge >= 0.3 is 0 Å². The van der Waals surface area contributed by atoms with E-state index < -0.39 is 0 Å². The van der Waals surface area contributed by atoms with Crippen LogP contribution in [0.1, 0.15) is 18.1 Å². The second kappa shape index (κ2) is 6.53. The molecule has 0 aliphatic carbocycles. The summed E-state index contributed by atoms with van der Waals surface area (Å²) in [5.74, 6) is 0.475. The Morgan fingerprint density at radius 3 is 2.42 bits per heavy atom. The molecule has 0 radical (unpaired) electrons. The summed E-state index contributed by atoms with van der Waals surface area (Å²) in [5, 5.41) is -0.270. The third kappa shape index (κ3) is 2.95. The first-order chi connectivity index (χ1) is 11.5. The SMILES string of the molecule is COc1ccc(/C(C)=C2\SC(=O)N(c3cccc(C)c3)C2=O)cc1. The molecule has 1 fully saturated rings. The Morgan fingerprint density at radius 2 is 1.79 bits per heavy atom. The van der Waals surface area contributed by atoms with E-state index in [1.165, 1.54) is 4.90 Å². The van der Waals surface area contributed by atoms with E-state index in [4.69, 9.17) is 4.74 Å². The van der Waals surface area contributed by atoms with Gasteiger partial charge in [-0.05, 0) is 66.6 Å². The van der Waals surface area contributed by atoms with Crippen molar-refractivity contribution in [3.05, 3.63) is 64.6 Å². The minimum atomic E-state index is -0.274. The molecule has 1 saturated heterocycles. The van der Waals surface area contributed by atoms with Crippen molar-refractivity contribution >= 4 is 34.2 Å². The molecule has 1 aliphatic rings. The number of amides is 2. The molecule has 1 aliphatic heterocycles. The van der Waals surface area contributed by atoms with E-state index >= 15 is 0 Å². The van der Waals surface area contributed by atoms with Crippen LogP contribution in [0.15, 0.2) is 53.4 Å². The number of carbonyl (C=O) groups is 2. The summed E-state index contributed by atoms with van der Waals surface area (Å²) in [7, 11) is 1.61. The van der Waals surface area contributed by atoms with Gasteiger partial charge in [0.2, 0.25) is 0 Å². The number of benzene rings is 2. The van der Waals surface area contributed by atoms with Gasteiger partial charge in [0.15, 0.2) is 0 Å². The lowest BCUT2D eigenvalue weighted by atomic mass is 10.1. The highest BCUT2D eigenvalue weighted by Gasteiger charge is 2.37. The van der Waals surface area contributed by atoms with Crippen LogP contribution in [-0.4, -0.2) is 18.3 Å². The van der Waals surface area contributed by atoms with Gasteiger partial charge in [-0.3, -0.25) is 9.59 Å². The highest BCUT2D eigenvalue weighted by atomic mass is 32.2. The number of carbonyl (C=O) groups excluding carboxylic acids is 2. The number of hydrogen-bond acceptors (Lipinski definition) is 4. The lowest BCUT2D eigenvalue weighted by Gasteiger charge is -2.13. The number of thioether (sulfide) groups is 1. The molecule has 5 heteroatoms. The Hall–Kier alpha value is -2.53. The molecule has 0 spiro atoms. The molecular formula is C19H17NO3S. The van der Waals surface area contributed by atoms with Gasteiger partial charge in [0, 0.05) is 0 Å². The molecular weight excluding hydrogens is 322 g/mol. The minimum absolute atomic E-state index is 0.270. The van der Waals surface area contributed by atoms with Crippen molar-refractivity contribution in [2.75, 3.05) is 12.0 Å². The number of rotatable bonds is 3. The summed E-state index contributed by atoms with van der Waals surface area (Å²) in [6.45, 7) is 3.79. The molecule has 0 unspecified atom stereocenters. The number of aryl methyl sites for hydroxylation is 1. The summed E-state index contributed by atoms with van der Waals surface area (Å²) < 4.78 is 5.15. The van der Waals surface area contributed by atoms with Gasteiger partial charge in [-0.1, -0.05) is 24.3 Å². The van der Waals surface area contributed by atoms with Crippen LogP contribution in [0.5, 0.6) is 5.75 Å². The predicted octanol–water partition coefficient (Wildman–Crippen LogP) is 4.63. The first-order valence-corrected chi connectivity index (χ1v) is 8.31. The van der Waals surface area contributed by atoms with Gasteiger partial charge < -0.3 is 4.74 Å². The summed E-state index contributed by atoms with van der Waals surface area (Å²) in [5.41, 5.74) is 3.29. The molecule has 2 aromatic carbocycles. The lowest BCUT2D eigenvalue weighted by Crippen LogP contribution is -2.27. The molecule has 122 valence electrons. The normalized spacial score (nSPS) is 16.5.